The van der Waals surface area contributed by atoms with Crippen molar-refractivity contribution in [1.29, 1.82) is 0 Å². The van der Waals surface area contributed by atoms with Crippen LogP contribution in [0.15, 0.2) is 18.2 Å². The van der Waals surface area contributed by atoms with Crippen LogP contribution in [0.25, 0.3) is 0 Å². The SMILES string of the molecule is COc1cccc2c1O[C@](C)(CCCC(C)C)[C@@H]1C[C@@H]3CNCC[C@H]3O[C@@H]21. The largest absolute Gasteiger partial charge is 0.493 e. The maximum absolute atomic E-state index is 6.77. The van der Waals surface area contributed by atoms with Gasteiger partial charge in [-0.15, -0.1) is 0 Å². The van der Waals surface area contributed by atoms with Crippen molar-refractivity contribution in [2.45, 2.75) is 70.7 Å². The van der Waals surface area contributed by atoms with Gasteiger partial charge in [0.05, 0.1) is 19.3 Å². The Morgan fingerprint density at radius 3 is 2.96 bits per heavy atom. The molecule has 3 heterocycles. The van der Waals surface area contributed by atoms with Crippen LogP contribution in [0.5, 0.6) is 11.5 Å². The maximum Gasteiger partial charge on any atom is 0.167 e. The van der Waals surface area contributed by atoms with Crippen molar-refractivity contribution in [3.05, 3.63) is 23.8 Å². The number of rotatable bonds is 5. The molecular formula is C23H35NO3. The Labute approximate surface area is 164 Å². The highest BCUT2D eigenvalue weighted by molar-refractivity contribution is 5.50. The number of hydrogen-bond acceptors (Lipinski definition) is 4. The lowest BCUT2D eigenvalue weighted by molar-refractivity contribution is -0.184. The first-order chi connectivity index (χ1) is 13.0. The lowest BCUT2D eigenvalue weighted by Gasteiger charge is -2.53. The van der Waals surface area contributed by atoms with Crippen molar-refractivity contribution < 1.29 is 14.2 Å². The van der Waals surface area contributed by atoms with Crippen molar-refractivity contribution in [1.82, 2.24) is 5.32 Å². The summed E-state index contributed by atoms with van der Waals surface area (Å²) in [6, 6.07) is 6.24. The smallest absolute Gasteiger partial charge is 0.167 e. The summed E-state index contributed by atoms with van der Waals surface area (Å²) >= 11 is 0. The minimum absolute atomic E-state index is 0.118. The second-order valence-electron chi connectivity index (χ2n) is 9.27. The molecule has 0 amide bonds. The second kappa shape index (κ2) is 7.63. The third-order valence-corrected chi connectivity index (χ3v) is 6.89. The third kappa shape index (κ3) is 3.58. The fourth-order valence-corrected chi connectivity index (χ4v) is 5.34. The lowest BCUT2D eigenvalue weighted by atomic mass is 9.68. The Hall–Kier alpha value is -1.26. The number of methoxy groups -OCH3 is 1. The summed E-state index contributed by atoms with van der Waals surface area (Å²) in [4.78, 5) is 0. The van der Waals surface area contributed by atoms with Gasteiger partial charge in [-0.2, -0.15) is 0 Å². The van der Waals surface area contributed by atoms with Gasteiger partial charge in [0.1, 0.15) is 5.60 Å². The maximum atomic E-state index is 6.77. The first kappa shape index (κ1) is 19.1. The molecule has 0 unspecified atom stereocenters. The Morgan fingerprint density at radius 1 is 1.33 bits per heavy atom. The van der Waals surface area contributed by atoms with Crippen LogP contribution < -0.4 is 14.8 Å². The summed E-state index contributed by atoms with van der Waals surface area (Å²) in [6.45, 7) is 9.04. The van der Waals surface area contributed by atoms with E-state index in [1.807, 2.05) is 6.07 Å². The summed E-state index contributed by atoms with van der Waals surface area (Å²) in [7, 11) is 1.73. The molecule has 5 atom stereocenters. The minimum Gasteiger partial charge on any atom is -0.493 e. The Morgan fingerprint density at radius 2 is 2.19 bits per heavy atom. The molecule has 4 rings (SSSR count). The van der Waals surface area contributed by atoms with E-state index < -0.39 is 0 Å². The zero-order valence-electron chi connectivity index (χ0n) is 17.3. The van der Waals surface area contributed by atoms with E-state index in [-0.39, 0.29) is 11.7 Å². The van der Waals surface area contributed by atoms with Crippen molar-refractivity contribution in [2.75, 3.05) is 20.2 Å². The lowest BCUT2D eigenvalue weighted by Crippen LogP contribution is -2.55. The molecule has 150 valence electrons. The molecule has 4 nitrogen and oxygen atoms in total. The van der Waals surface area contributed by atoms with Crippen LogP contribution in [0.2, 0.25) is 0 Å². The van der Waals surface area contributed by atoms with E-state index >= 15 is 0 Å². The highest BCUT2D eigenvalue weighted by Crippen LogP contribution is 2.56. The van der Waals surface area contributed by atoms with Gasteiger partial charge in [0.25, 0.3) is 0 Å². The van der Waals surface area contributed by atoms with Gasteiger partial charge in [-0.25, -0.2) is 0 Å². The number of nitrogens with one attached hydrogen (secondary N) is 1. The fourth-order valence-electron chi connectivity index (χ4n) is 5.34. The molecule has 0 aliphatic carbocycles. The first-order valence-electron chi connectivity index (χ1n) is 10.7. The van der Waals surface area contributed by atoms with Crippen LogP contribution in [-0.4, -0.2) is 31.9 Å². The topological polar surface area (TPSA) is 39.7 Å². The van der Waals surface area contributed by atoms with E-state index in [2.05, 4.69) is 38.2 Å². The average Bonchev–Trinajstić information content (AvgIpc) is 2.66. The van der Waals surface area contributed by atoms with Gasteiger partial charge in [-0.3, -0.25) is 0 Å². The van der Waals surface area contributed by atoms with Gasteiger partial charge in [0, 0.05) is 18.0 Å². The molecule has 3 aliphatic rings. The van der Waals surface area contributed by atoms with Gasteiger partial charge in [0.2, 0.25) is 0 Å². The molecular weight excluding hydrogens is 338 g/mol. The number of para-hydroxylation sites is 1. The van der Waals surface area contributed by atoms with E-state index in [0.29, 0.717) is 17.9 Å². The molecule has 1 aromatic rings. The minimum atomic E-state index is -0.205. The van der Waals surface area contributed by atoms with Gasteiger partial charge in [0.15, 0.2) is 11.5 Å². The predicted molar refractivity (Wildman–Crippen MR) is 107 cm³/mol. The predicted octanol–water partition coefficient (Wildman–Crippen LogP) is 4.73. The van der Waals surface area contributed by atoms with E-state index in [9.17, 15) is 0 Å². The molecule has 0 aromatic heterocycles. The summed E-state index contributed by atoms with van der Waals surface area (Å²) < 4.78 is 19.2. The van der Waals surface area contributed by atoms with Gasteiger partial charge in [-0.05, 0) is 57.1 Å². The molecule has 0 radical (unpaired) electrons. The summed E-state index contributed by atoms with van der Waals surface area (Å²) in [5.41, 5.74) is 0.974. The van der Waals surface area contributed by atoms with Crippen LogP contribution in [0.3, 0.4) is 0 Å². The number of ether oxygens (including phenoxy) is 3. The Balaban J connectivity index is 1.67. The van der Waals surface area contributed by atoms with Crippen molar-refractivity contribution in [3.8, 4) is 11.5 Å². The molecule has 4 heteroatoms. The second-order valence-corrected chi connectivity index (χ2v) is 9.27. The van der Waals surface area contributed by atoms with Crippen LogP contribution in [0.4, 0.5) is 0 Å². The molecule has 27 heavy (non-hydrogen) atoms. The molecule has 0 spiro atoms. The highest BCUT2D eigenvalue weighted by Gasteiger charge is 2.53. The highest BCUT2D eigenvalue weighted by atomic mass is 16.5. The van der Waals surface area contributed by atoms with E-state index in [1.54, 1.807) is 7.11 Å². The van der Waals surface area contributed by atoms with E-state index in [4.69, 9.17) is 14.2 Å². The molecule has 2 saturated heterocycles. The van der Waals surface area contributed by atoms with Crippen molar-refractivity contribution in [3.63, 3.8) is 0 Å². The van der Waals surface area contributed by atoms with E-state index in [1.165, 1.54) is 24.8 Å². The number of fused-ring (bicyclic) bond motifs is 4. The van der Waals surface area contributed by atoms with Crippen LogP contribution in [0, 0.1) is 17.8 Å². The molecule has 0 saturated carbocycles. The van der Waals surface area contributed by atoms with Crippen molar-refractivity contribution >= 4 is 0 Å². The molecule has 2 fully saturated rings. The molecule has 1 aromatic carbocycles. The van der Waals surface area contributed by atoms with Crippen LogP contribution >= 0.6 is 0 Å². The zero-order valence-corrected chi connectivity index (χ0v) is 17.3. The molecule has 3 aliphatic heterocycles. The van der Waals surface area contributed by atoms with Crippen LogP contribution in [0.1, 0.15) is 64.5 Å². The molecule has 1 N–H and O–H groups in total. The quantitative estimate of drug-likeness (QED) is 0.810. The fraction of sp³-hybridized carbons (Fsp3) is 0.739. The first-order valence-corrected chi connectivity index (χ1v) is 10.7. The number of piperidine rings is 1. The molecule has 0 bridgehead atoms. The monoisotopic (exact) mass is 373 g/mol. The van der Waals surface area contributed by atoms with Gasteiger partial charge in [-0.1, -0.05) is 32.4 Å². The summed E-state index contributed by atoms with van der Waals surface area (Å²) in [5, 5.41) is 3.56. The van der Waals surface area contributed by atoms with E-state index in [0.717, 1.165) is 43.3 Å². The number of benzene rings is 1. The summed E-state index contributed by atoms with van der Waals surface area (Å²) in [5.74, 6) is 3.45. The van der Waals surface area contributed by atoms with Gasteiger partial charge >= 0.3 is 0 Å². The van der Waals surface area contributed by atoms with Crippen molar-refractivity contribution in [2.24, 2.45) is 17.8 Å². The number of hydrogen-bond donors (Lipinski definition) is 1. The Kier molecular flexibility index (Phi) is 5.39. The Bertz CT molecular complexity index is 661. The normalized spacial score (nSPS) is 35.0. The summed E-state index contributed by atoms with van der Waals surface area (Å²) in [6.07, 6.45) is 6.27. The van der Waals surface area contributed by atoms with Crippen LogP contribution in [-0.2, 0) is 4.74 Å². The van der Waals surface area contributed by atoms with Gasteiger partial charge < -0.3 is 19.5 Å². The average molecular weight is 374 g/mol. The zero-order chi connectivity index (χ0) is 19.0. The standard InChI is InChI=1S/C23H35NO3/c1-15(2)7-6-11-23(3)18-13-16-14-24-12-10-19(16)26-21(18)17-8-5-9-20(25-4)22(17)27-23/h5,8-9,15-16,18-19,21,24H,6-7,10-14H2,1-4H3/t16-,18-,19-,21+,23-/m1/s1. The third-order valence-electron chi connectivity index (χ3n) is 6.89.